The summed E-state index contributed by atoms with van der Waals surface area (Å²) in [6.45, 7) is 0.662. The number of ether oxygens (including phenoxy) is 1. The number of aryl methyl sites for hydroxylation is 1. The first-order chi connectivity index (χ1) is 12.7. The summed E-state index contributed by atoms with van der Waals surface area (Å²) in [7, 11) is 3.60. The van der Waals surface area contributed by atoms with E-state index >= 15 is 0 Å². The summed E-state index contributed by atoms with van der Waals surface area (Å²) in [6.07, 6.45) is 4.40. The molecule has 0 spiro atoms. The fourth-order valence-corrected chi connectivity index (χ4v) is 3.30. The number of carbonyl (C=O) groups is 1. The highest BCUT2D eigenvalue weighted by Crippen LogP contribution is 2.32. The van der Waals surface area contributed by atoms with Gasteiger partial charge in [0.2, 0.25) is 0 Å². The minimum atomic E-state index is -0.129. The van der Waals surface area contributed by atoms with Crippen molar-refractivity contribution in [2.75, 3.05) is 23.9 Å². The Hall–Kier alpha value is -3.28. The van der Waals surface area contributed by atoms with Crippen LogP contribution in [0.2, 0.25) is 0 Å². The van der Waals surface area contributed by atoms with Crippen molar-refractivity contribution in [3.05, 3.63) is 60.6 Å². The average molecular weight is 348 g/mol. The molecule has 1 aromatic heterocycles. The van der Waals surface area contributed by atoms with E-state index in [1.807, 2.05) is 60.3 Å². The maximum atomic E-state index is 12.8. The molecule has 2 amide bonds. The van der Waals surface area contributed by atoms with Gasteiger partial charge in [0.15, 0.2) is 0 Å². The van der Waals surface area contributed by atoms with E-state index in [1.165, 1.54) is 0 Å². The highest BCUT2D eigenvalue weighted by molar-refractivity contribution is 6.03. The van der Waals surface area contributed by atoms with Gasteiger partial charge in [-0.3, -0.25) is 4.90 Å². The molecule has 0 atom stereocenters. The third-order valence-corrected chi connectivity index (χ3v) is 4.65. The number of urea groups is 1. The summed E-state index contributed by atoms with van der Waals surface area (Å²) in [6, 6.07) is 13.5. The third-order valence-electron chi connectivity index (χ3n) is 4.65. The van der Waals surface area contributed by atoms with Gasteiger partial charge in [0.25, 0.3) is 0 Å². The number of carbonyl (C=O) groups excluding carboxylic acids is 1. The molecule has 1 aliphatic heterocycles. The van der Waals surface area contributed by atoms with E-state index in [9.17, 15) is 4.79 Å². The number of benzene rings is 2. The predicted octanol–water partition coefficient (Wildman–Crippen LogP) is 3.69. The molecular weight excluding hydrogens is 328 g/mol. The molecule has 0 fully saturated rings. The summed E-state index contributed by atoms with van der Waals surface area (Å²) in [5.74, 6) is 0.815. The number of hydrogen-bond acceptors (Lipinski definition) is 3. The third kappa shape index (κ3) is 2.90. The van der Waals surface area contributed by atoms with E-state index in [-0.39, 0.29) is 6.03 Å². The Morgan fingerprint density at radius 3 is 2.88 bits per heavy atom. The van der Waals surface area contributed by atoms with Crippen LogP contribution in [-0.4, -0.2) is 29.2 Å². The van der Waals surface area contributed by atoms with Crippen molar-refractivity contribution in [2.45, 2.75) is 6.42 Å². The summed E-state index contributed by atoms with van der Waals surface area (Å²) in [4.78, 5) is 18.7. The molecule has 2 heterocycles. The van der Waals surface area contributed by atoms with Gasteiger partial charge in [-0.2, -0.15) is 0 Å². The molecular formula is C20H20N4O2. The second kappa shape index (κ2) is 6.55. The van der Waals surface area contributed by atoms with Crippen LogP contribution in [0, 0.1) is 0 Å². The van der Waals surface area contributed by atoms with Crippen LogP contribution in [0.3, 0.4) is 0 Å². The molecule has 1 aliphatic rings. The van der Waals surface area contributed by atoms with E-state index in [1.54, 1.807) is 18.3 Å². The fourth-order valence-electron chi connectivity index (χ4n) is 3.30. The van der Waals surface area contributed by atoms with E-state index < -0.39 is 0 Å². The summed E-state index contributed by atoms with van der Waals surface area (Å²) in [5, 5.41) is 3.00. The monoisotopic (exact) mass is 348 g/mol. The van der Waals surface area contributed by atoms with E-state index in [0.29, 0.717) is 6.54 Å². The number of aromatic nitrogens is 2. The van der Waals surface area contributed by atoms with Crippen molar-refractivity contribution < 1.29 is 9.53 Å². The molecule has 0 saturated heterocycles. The lowest BCUT2D eigenvalue weighted by Gasteiger charge is -2.18. The summed E-state index contributed by atoms with van der Waals surface area (Å²) >= 11 is 0. The number of amides is 2. The second-order valence-electron chi connectivity index (χ2n) is 6.30. The molecule has 1 N–H and O–H groups in total. The molecule has 0 aliphatic carbocycles. The van der Waals surface area contributed by atoms with Crippen molar-refractivity contribution in [3.8, 4) is 17.0 Å². The van der Waals surface area contributed by atoms with Crippen LogP contribution in [0.25, 0.3) is 11.3 Å². The Kier molecular flexibility index (Phi) is 4.08. The van der Waals surface area contributed by atoms with E-state index in [0.717, 1.165) is 40.4 Å². The topological polar surface area (TPSA) is 59.4 Å². The van der Waals surface area contributed by atoms with Crippen LogP contribution in [0.1, 0.15) is 5.56 Å². The number of imidazole rings is 1. The van der Waals surface area contributed by atoms with Gasteiger partial charge in [0.1, 0.15) is 5.75 Å². The maximum Gasteiger partial charge on any atom is 0.326 e. The molecule has 3 aromatic rings. The number of anilines is 2. The first kappa shape index (κ1) is 16.2. The van der Waals surface area contributed by atoms with Crippen LogP contribution in [0.5, 0.6) is 5.75 Å². The molecule has 4 rings (SSSR count). The van der Waals surface area contributed by atoms with Crippen LogP contribution >= 0.6 is 0 Å². The van der Waals surface area contributed by atoms with Gasteiger partial charge in [0, 0.05) is 30.5 Å². The number of hydrogen-bond donors (Lipinski definition) is 1. The van der Waals surface area contributed by atoms with Gasteiger partial charge >= 0.3 is 6.03 Å². The maximum absolute atomic E-state index is 12.8. The number of nitrogens with one attached hydrogen (secondary N) is 1. The minimum absolute atomic E-state index is 0.129. The summed E-state index contributed by atoms with van der Waals surface area (Å²) < 4.78 is 7.21. The predicted molar refractivity (Wildman–Crippen MR) is 102 cm³/mol. The van der Waals surface area contributed by atoms with Crippen molar-refractivity contribution in [3.63, 3.8) is 0 Å². The lowest BCUT2D eigenvalue weighted by atomic mass is 10.1. The van der Waals surface area contributed by atoms with Gasteiger partial charge < -0.3 is 14.6 Å². The fraction of sp³-hybridized carbons (Fsp3) is 0.200. The SMILES string of the molecule is COc1ccc2c(c1)CCN2C(=O)Nc1cccc(-c2cncn2C)c1. The highest BCUT2D eigenvalue weighted by Gasteiger charge is 2.25. The first-order valence-electron chi connectivity index (χ1n) is 8.48. The molecule has 0 bridgehead atoms. The average Bonchev–Trinajstić information content (AvgIpc) is 3.27. The van der Waals surface area contributed by atoms with Gasteiger partial charge in [-0.25, -0.2) is 9.78 Å². The van der Waals surface area contributed by atoms with Crippen LogP contribution in [0.15, 0.2) is 55.0 Å². The van der Waals surface area contributed by atoms with Crippen LogP contribution in [-0.2, 0) is 13.5 Å². The number of fused-ring (bicyclic) bond motifs is 1. The molecule has 2 aromatic carbocycles. The Bertz CT molecular complexity index is 964. The Morgan fingerprint density at radius 2 is 2.12 bits per heavy atom. The number of rotatable bonds is 3. The van der Waals surface area contributed by atoms with Gasteiger partial charge in [-0.1, -0.05) is 12.1 Å². The zero-order chi connectivity index (χ0) is 18.1. The smallest absolute Gasteiger partial charge is 0.326 e. The van der Waals surface area contributed by atoms with E-state index in [2.05, 4.69) is 10.3 Å². The quantitative estimate of drug-likeness (QED) is 0.785. The van der Waals surface area contributed by atoms with Gasteiger partial charge in [-0.05, 0) is 42.3 Å². The first-order valence-corrected chi connectivity index (χ1v) is 8.48. The molecule has 0 saturated carbocycles. The molecule has 26 heavy (non-hydrogen) atoms. The highest BCUT2D eigenvalue weighted by atomic mass is 16.5. The number of methoxy groups -OCH3 is 1. The van der Waals surface area contributed by atoms with Crippen molar-refractivity contribution in [1.82, 2.24) is 9.55 Å². The Labute approximate surface area is 152 Å². The Morgan fingerprint density at radius 1 is 1.23 bits per heavy atom. The number of nitrogens with zero attached hydrogens (tertiary/aromatic N) is 3. The zero-order valence-corrected chi connectivity index (χ0v) is 14.8. The van der Waals surface area contributed by atoms with E-state index in [4.69, 9.17) is 4.74 Å². The largest absolute Gasteiger partial charge is 0.497 e. The standard InChI is InChI=1S/C20H20N4O2/c1-23-13-21-12-19(23)14-4-3-5-16(10-14)22-20(25)24-9-8-15-11-17(26-2)6-7-18(15)24/h3-7,10-13H,8-9H2,1-2H3,(H,22,25). The second-order valence-corrected chi connectivity index (χ2v) is 6.30. The molecule has 6 heteroatoms. The van der Waals surface area contributed by atoms with Crippen LogP contribution in [0.4, 0.5) is 16.2 Å². The minimum Gasteiger partial charge on any atom is -0.497 e. The Balaban J connectivity index is 1.54. The normalized spacial score (nSPS) is 12.8. The van der Waals surface area contributed by atoms with Crippen LogP contribution < -0.4 is 15.0 Å². The lowest BCUT2D eigenvalue weighted by Crippen LogP contribution is -2.33. The summed E-state index contributed by atoms with van der Waals surface area (Å²) in [5.41, 5.74) is 4.83. The van der Waals surface area contributed by atoms with Gasteiger partial charge in [0.05, 0.1) is 25.3 Å². The zero-order valence-electron chi connectivity index (χ0n) is 14.8. The molecule has 132 valence electrons. The lowest BCUT2D eigenvalue weighted by molar-refractivity contribution is 0.257. The van der Waals surface area contributed by atoms with Crippen molar-refractivity contribution in [1.29, 1.82) is 0 Å². The molecule has 0 radical (unpaired) electrons. The molecule has 6 nitrogen and oxygen atoms in total. The van der Waals surface area contributed by atoms with Crippen molar-refractivity contribution in [2.24, 2.45) is 7.05 Å². The van der Waals surface area contributed by atoms with Crippen molar-refractivity contribution >= 4 is 17.4 Å². The van der Waals surface area contributed by atoms with Gasteiger partial charge in [-0.15, -0.1) is 0 Å². The molecule has 0 unspecified atom stereocenters.